The van der Waals surface area contributed by atoms with E-state index in [-0.39, 0.29) is 16.9 Å². The Labute approximate surface area is 164 Å². The smallest absolute Gasteiger partial charge is 0.317 e. The van der Waals surface area contributed by atoms with Crippen LogP contribution in [0.4, 0.5) is 16.4 Å². The van der Waals surface area contributed by atoms with E-state index in [9.17, 15) is 13.2 Å². The van der Waals surface area contributed by atoms with Crippen LogP contribution in [0.3, 0.4) is 0 Å². The summed E-state index contributed by atoms with van der Waals surface area (Å²) in [5, 5.41) is 10.8. The minimum absolute atomic E-state index is 0.0105. The predicted octanol–water partition coefficient (Wildman–Crippen LogP) is 0.655. The molecular formula is C15H18BrN7O3S. The van der Waals surface area contributed by atoms with Crippen molar-refractivity contribution in [2.75, 3.05) is 25.0 Å². The van der Waals surface area contributed by atoms with E-state index < -0.39 is 16.1 Å². The summed E-state index contributed by atoms with van der Waals surface area (Å²) in [4.78, 5) is 21.9. The lowest BCUT2D eigenvalue weighted by Gasteiger charge is -2.20. The highest BCUT2D eigenvalue weighted by Crippen LogP contribution is 2.23. The molecule has 2 aromatic rings. The van der Waals surface area contributed by atoms with Gasteiger partial charge < -0.3 is 21.3 Å². The number of sulfonamides is 1. The van der Waals surface area contributed by atoms with E-state index in [1.54, 1.807) is 23.2 Å². The number of rotatable bonds is 6. The Morgan fingerprint density at radius 2 is 2.04 bits per heavy atom. The van der Waals surface area contributed by atoms with Crippen molar-refractivity contribution in [3.05, 3.63) is 40.6 Å². The number of hydrogen-bond acceptors (Lipinski definition) is 7. The van der Waals surface area contributed by atoms with Gasteiger partial charge in [0.25, 0.3) is 0 Å². The molecular weight excluding hydrogens is 438 g/mol. The van der Waals surface area contributed by atoms with Gasteiger partial charge in [-0.15, -0.1) is 0 Å². The first-order chi connectivity index (χ1) is 12.7. The molecule has 144 valence electrons. The zero-order valence-corrected chi connectivity index (χ0v) is 16.5. The Kier molecular flexibility index (Phi) is 5.60. The predicted molar refractivity (Wildman–Crippen MR) is 103 cm³/mol. The Bertz CT molecular complexity index is 952. The summed E-state index contributed by atoms with van der Waals surface area (Å²) in [6, 6.07) is 5.23. The third-order valence-electron chi connectivity index (χ3n) is 3.92. The number of primary sulfonamides is 1. The number of carbonyl (C=O) groups excluding carboxylic acids is 1. The summed E-state index contributed by atoms with van der Waals surface area (Å²) in [7, 11) is -3.75. The molecule has 10 nitrogen and oxygen atoms in total. The van der Waals surface area contributed by atoms with Gasteiger partial charge in [-0.3, -0.25) is 0 Å². The fourth-order valence-corrected chi connectivity index (χ4v) is 3.57. The number of urea groups is 1. The molecule has 0 radical (unpaired) electrons. The summed E-state index contributed by atoms with van der Waals surface area (Å²) < 4.78 is 23.2. The number of anilines is 2. The molecule has 6 N–H and O–H groups in total. The number of amides is 2. The van der Waals surface area contributed by atoms with Crippen LogP contribution in [0.1, 0.15) is 11.7 Å². The van der Waals surface area contributed by atoms with Gasteiger partial charge in [0.1, 0.15) is 0 Å². The van der Waals surface area contributed by atoms with Gasteiger partial charge in [0, 0.05) is 31.5 Å². The molecule has 2 heterocycles. The minimum atomic E-state index is -3.75. The van der Waals surface area contributed by atoms with Gasteiger partial charge in [0.05, 0.1) is 21.1 Å². The number of nitrogens with one attached hydrogen (secondary N) is 2. The van der Waals surface area contributed by atoms with E-state index in [0.29, 0.717) is 35.5 Å². The highest BCUT2D eigenvalue weighted by molar-refractivity contribution is 9.10. The van der Waals surface area contributed by atoms with E-state index in [2.05, 4.69) is 36.5 Å². The second-order valence-electron chi connectivity index (χ2n) is 5.91. The monoisotopic (exact) mass is 455 g/mol. The lowest BCUT2D eigenvalue weighted by molar-refractivity contribution is 0.214. The standard InChI is InChI=1S/C15H18BrN7O3S/c16-11-7-20-14(21-9-1-3-10(4-2-9)27(18,25)26)22-13(11)12(17)8-23-6-5-19-15(23)24/h1-4,7,12H,5-6,8,17H2,(H,19,24)(H2,18,25,26)(H,20,21,22). The third kappa shape index (κ3) is 4.71. The van der Waals surface area contributed by atoms with Gasteiger partial charge in [0.15, 0.2) is 0 Å². The van der Waals surface area contributed by atoms with Crippen molar-refractivity contribution >= 4 is 43.6 Å². The first-order valence-corrected chi connectivity index (χ1v) is 10.3. The summed E-state index contributed by atoms with van der Waals surface area (Å²) in [6.45, 7) is 1.51. The molecule has 12 heteroatoms. The van der Waals surface area contributed by atoms with E-state index in [4.69, 9.17) is 10.9 Å². The Morgan fingerprint density at radius 1 is 1.33 bits per heavy atom. The van der Waals surface area contributed by atoms with E-state index >= 15 is 0 Å². The molecule has 1 aromatic carbocycles. The fourth-order valence-electron chi connectivity index (χ4n) is 2.57. The molecule has 1 fully saturated rings. The van der Waals surface area contributed by atoms with Crippen molar-refractivity contribution in [2.24, 2.45) is 10.9 Å². The molecule has 3 rings (SSSR count). The van der Waals surface area contributed by atoms with E-state index in [1.165, 1.54) is 12.1 Å². The normalized spacial score (nSPS) is 15.5. The first kappa shape index (κ1) is 19.5. The maximum atomic E-state index is 11.7. The van der Waals surface area contributed by atoms with Crippen LogP contribution in [0.25, 0.3) is 0 Å². The molecule has 1 unspecified atom stereocenters. The number of carbonyl (C=O) groups is 1. The largest absolute Gasteiger partial charge is 0.336 e. The third-order valence-corrected chi connectivity index (χ3v) is 5.46. The molecule has 0 saturated carbocycles. The first-order valence-electron chi connectivity index (χ1n) is 7.95. The van der Waals surface area contributed by atoms with Gasteiger partial charge in [-0.25, -0.2) is 28.3 Å². The van der Waals surface area contributed by atoms with Crippen LogP contribution in [0.2, 0.25) is 0 Å². The molecule has 1 saturated heterocycles. The minimum Gasteiger partial charge on any atom is -0.336 e. The van der Waals surface area contributed by atoms with Gasteiger partial charge in [-0.2, -0.15) is 0 Å². The molecule has 2 amide bonds. The van der Waals surface area contributed by atoms with Crippen LogP contribution in [-0.4, -0.2) is 49.0 Å². The summed E-state index contributed by atoms with van der Waals surface area (Å²) in [5.74, 6) is 0.290. The van der Waals surface area contributed by atoms with Gasteiger partial charge in [-0.05, 0) is 40.2 Å². The Morgan fingerprint density at radius 3 is 2.63 bits per heavy atom. The lowest BCUT2D eigenvalue weighted by Crippen LogP contribution is -2.35. The molecule has 1 aliphatic rings. The van der Waals surface area contributed by atoms with Crippen molar-refractivity contribution in [3.63, 3.8) is 0 Å². The maximum absolute atomic E-state index is 11.7. The number of aromatic nitrogens is 2. The van der Waals surface area contributed by atoms with Crippen molar-refractivity contribution in [2.45, 2.75) is 10.9 Å². The average Bonchev–Trinajstić information content (AvgIpc) is 3.01. The van der Waals surface area contributed by atoms with Crippen molar-refractivity contribution in [1.82, 2.24) is 20.2 Å². The van der Waals surface area contributed by atoms with Gasteiger partial charge in [0.2, 0.25) is 16.0 Å². The Balaban J connectivity index is 1.75. The van der Waals surface area contributed by atoms with Crippen LogP contribution in [0.15, 0.2) is 39.8 Å². The zero-order valence-electron chi connectivity index (χ0n) is 14.1. The molecule has 1 aromatic heterocycles. The number of nitrogens with zero attached hydrogens (tertiary/aromatic N) is 3. The number of benzene rings is 1. The number of nitrogens with two attached hydrogens (primary N) is 2. The van der Waals surface area contributed by atoms with Crippen LogP contribution >= 0.6 is 15.9 Å². The summed E-state index contributed by atoms with van der Waals surface area (Å²) >= 11 is 3.38. The fraction of sp³-hybridized carbons (Fsp3) is 0.267. The zero-order chi connectivity index (χ0) is 19.6. The SMILES string of the molecule is NC(CN1CCNC1=O)c1nc(Nc2ccc(S(N)(=O)=O)cc2)ncc1Br. The van der Waals surface area contributed by atoms with Crippen LogP contribution < -0.4 is 21.5 Å². The second kappa shape index (κ2) is 7.76. The van der Waals surface area contributed by atoms with Crippen LogP contribution in [-0.2, 0) is 10.0 Å². The van der Waals surface area contributed by atoms with E-state index in [1.807, 2.05) is 0 Å². The molecule has 0 aliphatic carbocycles. The topological polar surface area (TPSA) is 156 Å². The van der Waals surface area contributed by atoms with Gasteiger partial charge >= 0.3 is 6.03 Å². The highest BCUT2D eigenvalue weighted by Gasteiger charge is 2.24. The molecule has 0 bridgehead atoms. The quantitative estimate of drug-likeness (QED) is 0.497. The number of halogens is 1. The molecule has 27 heavy (non-hydrogen) atoms. The molecule has 0 spiro atoms. The maximum Gasteiger partial charge on any atom is 0.317 e. The van der Waals surface area contributed by atoms with E-state index in [0.717, 1.165) is 0 Å². The summed E-state index contributed by atoms with van der Waals surface area (Å²) in [5.41, 5.74) is 7.35. The Hall–Kier alpha value is -2.28. The van der Waals surface area contributed by atoms with Crippen LogP contribution in [0.5, 0.6) is 0 Å². The number of hydrogen-bond donors (Lipinski definition) is 4. The van der Waals surface area contributed by atoms with Crippen molar-refractivity contribution in [1.29, 1.82) is 0 Å². The van der Waals surface area contributed by atoms with Crippen molar-refractivity contribution < 1.29 is 13.2 Å². The highest BCUT2D eigenvalue weighted by atomic mass is 79.9. The second-order valence-corrected chi connectivity index (χ2v) is 8.32. The lowest BCUT2D eigenvalue weighted by atomic mass is 10.2. The van der Waals surface area contributed by atoms with Crippen molar-refractivity contribution in [3.8, 4) is 0 Å². The summed E-state index contributed by atoms with van der Waals surface area (Å²) in [6.07, 6.45) is 1.56. The molecule has 1 aliphatic heterocycles. The average molecular weight is 456 g/mol. The molecule has 1 atom stereocenters. The van der Waals surface area contributed by atoms with Gasteiger partial charge in [-0.1, -0.05) is 0 Å². The van der Waals surface area contributed by atoms with Crippen LogP contribution in [0, 0.1) is 0 Å².